The maximum Gasteiger partial charge on any atom is 0.257 e. The molecule has 0 aliphatic carbocycles. The highest BCUT2D eigenvalue weighted by atomic mass is 16.1. The Bertz CT molecular complexity index is 824. The number of nitrogens with one attached hydrogen (secondary N) is 1. The predicted octanol–water partition coefficient (Wildman–Crippen LogP) is 4.62. The van der Waals surface area contributed by atoms with Crippen LogP contribution in [0, 0.1) is 13.8 Å². The Morgan fingerprint density at radius 3 is 2.22 bits per heavy atom. The number of nitrogens with zero attached hydrogens (tertiary/aromatic N) is 1. The minimum absolute atomic E-state index is 0.140. The van der Waals surface area contributed by atoms with E-state index in [1.807, 2.05) is 80.6 Å². The van der Waals surface area contributed by atoms with Crippen molar-refractivity contribution in [2.45, 2.75) is 13.8 Å². The van der Waals surface area contributed by atoms with Gasteiger partial charge in [-0.15, -0.1) is 0 Å². The molecule has 23 heavy (non-hydrogen) atoms. The zero-order valence-electron chi connectivity index (χ0n) is 13.2. The number of carbonyl (C=O) groups excluding carboxylic acids is 1. The molecule has 2 aromatic carbocycles. The first kappa shape index (κ1) is 15.0. The van der Waals surface area contributed by atoms with Crippen molar-refractivity contribution >= 4 is 11.6 Å². The summed E-state index contributed by atoms with van der Waals surface area (Å²) < 4.78 is 0. The number of amides is 1. The highest BCUT2D eigenvalue weighted by molar-refractivity contribution is 6.05. The van der Waals surface area contributed by atoms with E-state index in [1.54, 1.807) is 0 Å². The van der Waals surface area contributed by atoms with Crippen molar-refractivity contribution in [2.24, 2.45) is 0 Å². The summed E-state index contributed by atoms with van der Waals surface area (Å²) in [6.07, 6.45) is 0. The highest BCUT2D eigenvalue weighted by Crippen LogP contribution is 2.19. The van der Waals surface area contributed by atoms with Gasteiger partial charge in [0.1, 0.15) is 0 Å². The maximum atomic E-state index is 12.4. The molecule has 1 amide bonds. The number of aryl methyl sites for hydroxylation is 2. The number of pyridine rings is 1. The highest BCUT2D eigenvalue weighted by Gasteiger charge is 2.11. The monoisotopic (exact) mass is 302 g/mol. The first-order chi connectivity index (χ1) is 11.1. The molecule has 0 radical (unpaired) electrons. The molecule has 3 heteroatoms. The van der Waals surface area contributed by atoms with Gasteiger partial charge in [-0.1, -0.05) is 48.0 Å². The van der Waals surface area contributed by atoms with Gasteiger partial charge >= 0.3 is 0 Å². The minimum Gasteiger partial charge on any atom is -0.322 e. The van der Waals surface area contributed by atoms with Crippen LogP contribution in [-0.4, -0.2) is 10.9 Å². The normalized spacial score (nSPS) is 10.3. The Kier molecular flexibility index (Phi) is 4.20. The van der Waals surface area contributed by atoms with Crippen LogP contribution in [0.5, 0.6) is 0 Å². The van der Waals surface area contributed by atoms with E-state index in [0.29, 0.717) is 5.56 Å². The van der Waals surface area contributed by atoms with Gasteiger partial charge in [0.05, 0.1) is 17.0 Å². The Labute approximate surface area is 136 Å². The molecular weight excluding hydrogens is 284 g/mol. The van der Waals surface area contributed by atoms with Crippen LogP contribution in [0.3, 0.4) is 0 Å². The smallest absolute Gasteiger partial charge is 0.257 e. The summed E-state index contributed by atoms with van der Waals surface area (Å²) in [5.74, 6) is -0.140. The summed E-state index contributed by atoms with van der Waals surface area (Å²) >= 11 is 0. The van der Waals surface area contributed by atoms with E-state index in [1.165, 1.54) is 0 Å². The molecule has 1 aromatic heterocycles. The molecule has 114 valence electrons. The molecule has 0 atom stereocenters. The van der Waals surface area contributed by atoms with Gasteiger partial charge in [-0.05, 0) is 38.1 Å². The van der Waals surface area contributed by atoms with Gasteiger partial charge < -0.3 is 5.32 Å². The number of carbonyl (C=O) groups is 1. The molecule has 1 N–H and O–H groups in total. The SMILES string of the molecule is Cc1ccc(NC(=O)c2ccc(-c3ccccc3)nc2C)cc1. The molecule has 1 heterocycles. The van der Waals surface area contributed by atoms with Gasteiger partial charge in [-0.2, -0.15) is 0 Å². The standard InChI is InChI=1S/C20H18N2O/c1-14-8-10-17(11-9-14)22-20(23)18-12-13-19(21-15(18)2)16-6-4-3-5-7-16/h3-13H,1-2H3,(H,22,23). The summed E-state index contributed by atoms with van der Waals surface area (Å²) in [6, 6.07) is 21.4. The molecule has 3 nitrogen and oxygen atoms in total. The van der Waals surface area contributed by atoms with E-state index in [9.17, 15) is 4.79 Å². The Morgan fingerprint density at radius 1 is 0.870 bits per heavy atom. The van der Waals surface area contributed by atoms with E-state index in [-0.39, 0.29) is 5.91 Å². The zero-order valence-corrected chi connectivity index (χ0v) is 13.2. The lowest BCUT2D eigenvalue weighted by Gasteiger charge is -2.09. The van der Waals surface area contributed by atoms with E-state index < -0.39 is 0 Å². The molecule has 0 fully saturated rings. The third-order valence-corrected chi connectivity index (χ3v) is 3.71. The van der Waals surface area contributed by atoms with Crippen LogP contribution in [0.25, 0.3) is 11.3 Å². The van der Waals surface area contributed by atoms with Crippen LogP contribution in [-0.2, 0) is 0 Å². The Balaban J connectivity index is 1.83. The van der Waals surface area contributed by atoms with Gasteiger partial charge in [-0.25, -0.2) is 0 Å². The van der Waals surface area contributed by atoms with Crippen molar-refractivity contribution in [3.8, 4) is 11.3 Å². The second-order valence-corrected chi connectivity index (χ2v) is 5.52. The van der Waals surface area contributed by atoms with E-state index in [4.69, 9.17) is 0 Å². The van der Waals surface area contributed by atoms with Crippen LogP contribution >= 0.6 is 0 Å². The summed E-state index contributed by atoms with van der Waals surface area (Å²) in [6.45, 7) is 3.87. The molecule has 0 spiro atoms. The van der Waals surface area contributed by atoms with Crippen molar-refractivity contribution in [1.82, 2.24) is 4.98 Å². The van der Waals surface area contributed by atoms with Gasteiger partial charge in [0.25, 0.3) is 5.91 Å². The molecule has 0 unspecified atom stereocenters. The number of hydrogen-bond donors (Lipinski definition) is 1. The van der Waals surface area contributed by atoms with Crippen molar-refractivity contribution in [1.29, 1.82) is 0 Å². The second-order valence-electron chi connectivity index (χ2n) is 5.52. The zero-order chi connectivity index (χ0) is 16.2. The fourth-order valence-electron chi connectivity index (χ4n) is 2.41. The largest absolute Gasteiger partial charge is 0.322 e. The van der Waals surface area contributed by atoms with Crippen molar-refractivity contribution in [3.63, 3.8) is 0 Å². The van der Waals surface area contributed by atoms with Crippen LogP contribution in [0.15, 0.2) is 66.7 Å². The first-order valence-electron chi connectivity index (χ1n) is 7.54. The summed E-state index contributed by atoms with van der Waals surface area (Å²) in [5.41, 5.74) is 5.16. The number of benzene rings is 2. The number of hydrogen-bond acceptors (Lipinski definition) is 2. The fraction of sp³-hybridized carbons (Fsp3) is 0.100. The maximum absolute atomic E-state index is 12.4. The lowest BCUT2D eigenvalue weighted by atomic mass is 10.1. The average Bonchev–Trinajstić information content (AvgIpc) is 2.57. The van der Waals surface area contributed by atoms with Crippen LogP contribution in [0.4, 0.5) is 5.69 Å². The lowest BCUT2D eigenvalue weighted by Crippen LogP contribution is -2.14. The molecule has 0 saturated carbocycles. The van der Waals surface area contributed by atoms with Gasteiger partial charge in [-0.3, -0.25) is 9.78 Å². The fourth-order valence-corrected chi connectivity index (χ4v) is 2.41. The summed E-state index contributed by atoms with van der Waals surface area (Å²) in [4.78, 5) is 17.0. The second kappa shape index (κ2) is 6.44. The third-order valence-electron chi connectivity index (χ3n) is 3.71. The predicted molar refractivity (Wildman–Crippen MR) is 93.5 cm³/mol. The number of anilines is 1. The van der Waals surface area contributed by atoms with Crippen molar-refractivity contribution < 1.29 is 4.79 Å². The quantitative estimate of drug-likeness (QED) is 0.767. The topological polar surface area (TPSA) is 42.0 Å². The number of rotatable bonds is 3. The van der Waals surface area contributed by atoms with E-state index >= 15 is 0 Å². The molecular formula is C20H18N2O. The molecule has 0 aliphatic rings. The average molecular weight is 302 g/mol. The third kappa shape index (κ3) is 3.46. The Hall–Kier alpha value is -2.94. The van der Waals surface area contributed by atoms with Gasteiger partial charge in [0.15, 0.2) is 0 Å². The van der Waals surface area contributed by atoms with Gasteiger partial charge in [0, 0.05) is 11.3 Å². The minimum atomic E-state index is -0.140. The molecule has 0 bridgehead atoms. The van der Waals surface area contributed by atoms with Crippen LogP contribution in [0.1, 0.15) is 21.6 Å². The lowest BCUT2D eigenvalue weighted by molar-refractivity contribution is 0.102. The molecule has 3 aromatic rings. The van der Waals surface area contributed by atoms with Crippen LogP contribution < -0.4 is 5.32 Å². The molecule has 3 rings (SSSR count). The first-order valence-corrected chi connectivity index (χ1v) is 7.54. The summed E-state index contributed by atoms with van der Waals surface area (Å²) in [7, 11) is 0. The van der Waals surface area contributed by atoms with E-state index in [2.05, 4.69) is 10.3 Å². The van der Waals surface area contributed by atoms with Crippen molar-refractivity contribution in [2.75, 3.05) is 5.32 Å². The van der Waals surface area contributed by atoms with E-state index in [0.717, 1.165) is 28.2 Å². The van der Waals surface area contributed by atoms with Crippen molar-refractivity contribution in [3.05, 3.63) is 83.6 Å². The van der Waals surface area contributed by atoms with Crippen LogP contribution in [0.2, 0.25) is 0 Å². The number of aromatic nitrogens is 1. The summed E-state index contributed by atoms with van der Waals surface area (Å²) in [5, 5.41) is 2.91. The molecule has 0 saturated heterocycles. The molecule has 0 aliphatic heterocycles. The van der Waals surface area contributed by atoms with Gasteiger partial charge in [0.2, 0.25) is 0 Å². The Morgan fingerprint density at radius 2 is 1.57 bits per heavy atom.